The number of pyridine rings is 1. The Labute approximate surface area is 217 Å². The first-order valence-electron chi connectivity index (χ1n) is 12.2. The van der Waals surface area contributed by atoms with Crippen LogP contribution in [0.1, 0.15) is 86.2 Å². The number of alkyl halides is 3. The molecule has 202 valence electrons. The van der Waals surface area contributed by atoms with E-state index in [0.29, 0.717) is 19.4 Å². The number of halogens is 3. The van der Waals surface area contributed by atoms with E-state index in [9.17, 15) is 27.9 Å². The molecule has 2 fully saturated rings. The summed E-state index contributed by atoms with van der Waals surface area (Å²) in [4.78, 5) is 36.4. The van der Waals surface area contributed by atoms with Gasteiger partial charge in [0.2, 0.25) is 0 Å². The molecule has 0 spiro atoms. The number of nitrogens with zero attached hydrogens (tertiary/aromatic N) is 3. The number of rotatable bonds is 5. The van der Waals surface area contributed by atoms with Gasteiger partial charge in [0.15, 0.2) is 5.01 Å². The third-order valence-electron chi connectivity index (χ3n) is 6.50. The fraction of sp³-hybridized carbons (Fsp3) is 0.600. The van der Waals surface area contributed by atoms with Gasteiger partial charge in [-0.05, 0) is 66.4 Å². The van der Waals surface area contributed by atoms with Crippen LogP contribution in [0.3, 0.4) is 0 Å². The lowest BCUT2D eigenvalue weighted by atomic mass is 9.77. The van der Waals surface area contributed by atoms with Gasteiger partial charge in [0.1, 0.15) is 11.5 Å². The van der Waals surface area contributed by atoms with Crippen molar-refractivity contribution in [1.82, 2.24) is 20.2 Å². The molecule has 0 bridgehead atoms. The first-order valence-corrected chi connectivity index (χ1v) is 13.1. The van der Waals surface area contributed by atoms with Crippen molar-refractivity contribution in [3.05, 3.63) is 28.5 Å². The van der Waals surface area contributed by atoms with Crippen LogP contribution in [0.4, 0.5) is 19.0 Å². The Morgan fingerprint density at radius 2 is 1.92 bits per heavy atom. The Bertz CT molecular complexity index is 1200. The van der Waals surface area contributed by atoms with E-state index < -0.39 is 34.7 Å². The van der Waals surface area contributed by atoms with Gasteiger partial charge in [-0.25, -0.2) is 9.97 Å². The fourth-order valence-electron chi connectivity index (χ4n) is 4.79. The highest BCUT2D eigenvalue weighted by Crippen LogP contribution is 2.42. The number of aliphatic hydroxyl groups is 1. The van der Waals surface area contributed by atoms with Crippen molar-refractivity contribution in [3.8, 4) is 10.4 Å². The summed E-state index contributed by atoms with van der Waals surface area (Å²) in [6, 6.07) is 0.557. The van der Waals surface area contributed by atoms with Crippen molar-refractivity contribution in [2.45, 2.75) is 89.7 Å². The minimum Gasteiger partial charge on any atom is -0.390 e. The van der Waals surface area contributed by atoms with Crippen LogP contribution >= 0.6 is 11.3 Å². The van der Waals surface area contributed by atoms with Crippen molar-refractivity contribution < 1.29 is 27.9 Å². The van der Waals surface area contributed by atoms with Crippen molar-refractivity contribution in [2.75, 3.05) is 11.9 Å². The average molecular weight is 540 g/mol. The number of hydrogen-bond donors (Lipinski definition) is 3. The van der Waals surface area contributed by atoms with Crippen LogP contribution in [0.25, 0.3) is 10.4 Å². The fourth-order valence-corrected chi connectivity index (χ4v) is 5.77. The molecular formula is C25H32F3N5O3S. The molecule has 3 heterocycles. The second kappa shape index (κ2) is 9.54. The van der Waals surface area contributed by atoms with E-state index in [4.69, 9.17) is 0 Å². The van der Waals surface area contributed by atoms with Crippen molar-refractivity contribution in [1.29, 1.82) is 0 Å². The largest absolute Gasteiger partial charge is 0.417 e. The Morgan fingerprint density at radius 3 is 2.46 bits per heavy atom. The SMILES string of the molecule is CC1CCCN1C(=O)c1nc(C(=O)NC2CC(C)(O)C2)sc1-c1cnc(NC(C)(C)C)cc1C(F)(F)F. The van der Waals surface area contributed by atoms with Gasteiger partial charge >= 0.3 is 6.18 Å². The summed E-state index contributed by atoms with van der Waals surface area (Å²) in [5.74, 6) is -1.05. The van der Waals surface area contributed by atoms with Gasteiger partial charge in [0.25, 0.3) is 11.8 Å². The van der Waals surface area contributed by atoms with E-state index >= 15 is 0 Å². The molecule has 2 aliphatic rings. The summed E-state index contributed by atoms with van der Waals surface area (Å²) in [5.41, 5.74) is -2.84. The standard InChI is InChI=1S/C25H32F3N5O3S/c1-13-7-6-8-33(13)22(35)18-19(37-21(31-18)20(34)30-14-10-24(5,36)11-14)15-12-29-17(32-23(2,3)4)9-16(15)25(26,27)28/h9,12-14,36H,6-8,10-11H2,1-5H3,(H,29,32)(H,30,34). The highest BCUT2D eigenvalue weighted by Gasteiger charge is 2.41. The summed E-state index contributed by atoms with van der Waals surface area (Å²) in [6.45, 7) is 9.42. The molecule has 1 aliphatic carbocycles. The van der Waals surface area contributed by atoms with Gasteiger partial charge in [-0.1, -0.05) is 0 Å². The number of carbonyl (C=O) groups is 2. The van der Waals surface area contributed by atoms with Gasteiger partial charge in [-0.2, -0.15) is 13.2 Å². The number of nitrogens with one attached hydrogen (secondary N) is 2. The summed E-state index contributed by atoms with van der Waals surface area (Å²) in [5, 5.41) is 15.5. The molecule has 4 rings (SSSR count). The molecule has 2 aromatic heterocycles. The third kappa shape index (κ3) is 6.06. The first kappa shape index (κ1) is 27.3. The van der Waals surface area contributed by atoms with E-state index in [1.54, 1.807) is 32.6 Å². The molecule has 1 atom stereocenters. The molecule has 1 aliphatic heterocycles. The Kier molecular flexibility index (Phi) is 7.04. The number of thiazole rings is 1. The molecule has 2 aromatic rings. The van der Waals surface area contributed by atoms with Crippen molar-refractivity contribution in [2.24, 2.45) is 0 Å². The molecule has 0 radical (unpaired) electrons. The quantitative estimate of drug-likeness (QED) is 0.509. The zero-order valence-electron chi connectivity index (χ0n) is 21.5. The maximum atomic E-state index is 14.2. The lowest BCUT2D eigenvalue weighted by Gasteiger charge is -2.40. The lowest BCUT2D eigenvalue weighted by Crippen LogP contribution is -2.53. The molecule has 3 N–H and O–H groups in total. The molecule has 1 saturated carbocycles. The average Bonchev–Trinajstić information content (AvgIpc) is 3.37. The van der Waals surface area contributed by atoms with Gasteiger partial charge in [-0.3, -0.25) is 9.59 Å². The van der Waals surface area contributed by atoms with E-state index in [1.165, 1.54) is 0 Å². The number of aromatic nitrogens is 2. The Morgan fingerprint density at radius 1 is 1.24 bits per heavy atom. The molecule has 1 unspecified atom stereocenters. The van der Waals surface area contributed by atoms with E-state index in [0.717, 1.165) is 36.4 Å². The van der Waals surface area contributed by atoms with Crippen LogP contribution in [0.5, 0.6) is 0 Å². The van der Waals surface area contributed by atoms with Gasteiger partial charge in [0.05, 0.1) is 16.0 Å². The van der Waals surface area contributed by atoms with Crippen LogP contribution in [-0.4, -0.2) is 61.6 Å². The molecule has 1 saturated heterocycles. The topological polar surface area (TPSA) is 107 Å². The lowest BCUT2D eigenvalue weighted by molar-refractivity contribution is -0.137. The number of anilines is 1. The van der Waals surface area contributed by atoms with Gasteiger partial charge < -0.3 is 20.6 Å². The summed E-state index contributed by atoms with van der Waals surface area (Å²) in [6.07, 6.45) is -1.37. The van der Waals surface area contributed by atoms with E-state index in [1.807, 2.05) is 6.92 Å². The number of hydrogen-bond acceptors (Lipinski definition) is 7. The number of carbonyl (C=O) groups excluding carboxylic acids is 2. The summed E-state index contributed by atoms with van der Waals surface area (Å²) in [7, 11) is 0. The maximum absolute atomic E-state index is 14.2. The predicted octanol–water partition coefficient (Wildman–Crippen LogP) is 4.70. The van der Waals surface area contributed by atoms with Crippen LogP contribution in [0.2, 0.25) is 0 Å². The predicted molar refractivity (Wildman–Crippen MR) is 135 cm³/mol. The van der Waals surface area contributed by atoms with Gasteiger partial charge in [0, 0.05) is 35.9 Å². The monoisotopic (exact) mass is 539 g/mol. The van der Waals surface area contributed by atoms with E-state index in [2.05, 4.69) is 20.6 Å². The normalized spacial score (nSPS) is 24.1. The van der Waals surface area contributed by atoms with Crippen LogP contribution < -0.4 is 10.6 Å². The van der Waals surface area contributed by atoms with Crippen molar-refractivity contribution >= 4 is 29.0 Å². The summed E-state index contributed by atoms with van der Waals surface area (Å²) < 4.78 is 42.7. The zero-order valence-corrected chi connectivity index (χ0v) is 22.3. The first-order chi connectivity index (χ1) is 17.0. The summed E-state index contributed by atoms with van der Waals surface area (Å²) >= 11 is 0.741. The van der Waals surface area contributed by atoms with Gasteiger partial charge in [-0.15, -0.1) is 11.3 Å². The van der Waals surface area contributed by atoms with Crippen LogP contribution in [-0.2, 0) is 6.18 Å². The van der Waals surface area contributed by atoms with Crippen LogP contribution in [0.15, 0.2) is 12.3 Å². The Hall–Kier alpha value is -2.73. The zero-order chi connectivity index (χ0) is 27.3. The molecule has 8 nitrogen and oxygen atoms in total. The Balaban J connectivity index is 1.77. The second-order valence-electron chi connectivity index (χ2n) is 11.3. The highest BCUT2D eigenvalue weighted by atomic mass is 32.1. The molecule has 12 heteroatoms. The third-order valence-corrected chi connectivity index (χ3v) is 7.59. The minimum atomic E-state index is -4.74. The maximum Gasteiger partial charge on any atom is 0.417 e. The minimum absolute atomic E-state index is 0.0445. The smallest absolute Gasteiger partial charge is 0.390 e. The number of likely N-dealkylation sites (tertiary alicyclic amines) is 1. The second-order valence-corrected chi connectivity index (χ2v) is 12.2. The molecule has 2 amide bonds. The van der Waals surface area contributed by atoms with E-state index in [-0.39, 0.29) is 39.0 Å². The highest BCUT2D eigenvalue weighted by molar-refractivity contribution is 7.17. The van der Waals surface area contributed by atoms with Crippen molar-refractivity contribution in [3.63, 3.8) is 0 Å². The van der Waals surface area contributed by atoms with Crippen LogP contribution in [0, 0.1) is 0 Å². The molecule has 0 aromatic carbocycles. The molecule has 37 heavy (non-hydrogen) atoms. The number of amides is 2. The molecular weight excluding hydrogens is 507 g/mol.